The highest BCUT2D eigenvalue weighted by Gasteiger charge is 2.29. The number of ketones is 1. The summed E-state index contributed by atoms with van der Waals surface area (Å²) in [7, 11) is 0. The second kappa shape index (κ2) is 6.32. The fourth-order valence-electron chi connectivity index (χ4n) is 3.30. The Hall–Kier alpha value is -2.68. The topological polar surface area (TPSA) is 47.3 Å². The molecular formula is C22H20O3. The Morgan fingerprint density at radius 2 is 1.84 bits per heavy atom. The molecule has 0 spiro atoms. The number of Topliss-reactive ketones (excluding diaryl/α,β-unsaturated/α-hetero) is 1. The first-order valence-corrected chi connectivity index (χ1v) is 8.73. The molecule has 4 rings (SSSR count). The number of carbonyl (C=O) groups is 1. The number of fused-ring (bicyclic) bond motifs is 1. The summed E-state index contributed by atoms with van der Waals surface area (Å²) in [6, 6.07) is 15.7. The highest BCUT2D eigenvalue weighted by atomic mass is 16.4. The van der Waals surface area contributed by atoms with Crippen molar-refractivity contribution >= 4 is 16.8 Å². The first-order chi connectivity index (χ1) is 12.1. The van der Waals surface area contributed by atoms with E-state index in [0.29, 0.717) is 29.8 Å². The van der Waals surface area contributed by atoms with Crippen molar-refractivity contribution in [3.8, 4) is 0 Å². The molecule has 3 nitrogen and oxygen atoms in total. The van der Waals surface area contributed by atoms with Crippen molar-refractivity contribution in [3.63, 3.8) is 0 Å². The van der Waals surface area contributed by atoms with E-state index >= 15 is 0 Å². The minimum atomic E-state index is -0.292. The van der Waals surface area contributed by atoms with E-state index < -0.39 is 0 Å². The first kappa shape index (κ1) is 15.8. The Bertz CT molecular complexity index is 995. The number of benzene rings is 2. The lowest BCUT2D eigenvalue weighted by atomic mass is 9.98. The minimum absolute atomic E-state index is 0.248. The molecule has 0 unspecified atom stereocenters. The molecule has 0 amide bonds. The fraction of sp³-hybridized carbons (Fsp3) is 0.273. The maximum absolute atomic E-state index is 12.5. The summed E-state index contributed by atoms with van der Waals surface area (Å²) in [4.78, 5) is 24.5. The SMILES string of the molecule is Cc1c(Cc2ccccc2)c(=O)oc2cc(CC(=O)C3CC3)ccc12. The molecule has 0 atom stereocenters. The van der Waals surface area contributed by atoms with Crippen molar-refractivity contribution < 1.29 is 9.21 Å². The minimum Gasteiger partial charge on any atom is -0.422 e. The van der Waals surface area contributed by atoms with Crippen LogP contribution >= 0.6 is 0 Å². The summed E-state index contributed by atoms with van der Waals surface area (Å²) >= 11 is 0. The van der Waals surface area contributed by atoms with Crippen LogP contribution in [-0.2, 0) is 17.6 Å². The highest BCUT2D eigenvalue weighted by Crippen LogP contribution is 2.31. The number of aryl methyl sites for hydroxylation is 1. The smallest absolute Gasteiger partial charge is 0.340 e. The van der Waals surface area contributed by atoms with E-state index in [1.807, 2.05) is 55.5 Å². The van der Waals surface area contributed by atoms with Gasteiger partial charge in [0.1, 0.15) is 11.4 Å². The second-order valence-electron chi connectivity index (χ2n) is 6.90. The Kier molecular flexibility index (Phi) is 4.00. The molecule has 0 aliphatic heterocycles. The van der Waals surface area contributed by atoms with Gasteiger partial charge in [0.25, 0.3) is 0 Å². The molecule has 0 radical (unpaired) electrons. The number of carbonyl (C=O) groups excluding carboxylic acids is 1. The summed E-state index contributed by atoms with van der Waals surface area (Å²) in [5, 5.41) is 0.938. The van der Waals surface area contributed by atoms with Crippen LogP contribution in [0.4, 0.5) is 0 Å². The average molecular weight is 332 g/mol. The molecular weight excluding hydrogens is 312 g/mol. The molecule has 3 heteroatoms. The zero-order valence-electron chi connectivity index (χ0n) is 14.2. The Balaban J connectivity index is 1.70. The molecule has 3 aromatic rings. The molecule has 2 aromatic carbocycles. The summed E-state index contributed by atoms with van der Waals surface area (Å²) in [6.45, 7) is 1.96. The second-order valence-corrected chi connectivity index (χ2v) is 6.90. The van der Waals surface area contributed by atoms with Crippen LogP contribution in [0.3, 0.4) is 0 Å². The number of rotatable bonds is 5. The van der Waals surface area contributed by atoms with E-state index in [4.69, 9.17) is 4.42 Å². The third-order valence-corrected chi connectivity index (χ3v) is 4.99. The van der Waals surface area contributed by atoms with E-state index in [9.17, 15) is 9.59 Å². The van der Waals surface area contributed by atoms with Gasteiger partial charge < -0.3 is 4.42 Å². The lowest BCUT2D eigenvalue weighted by Gasteiger charge is -2.09. The van der Waals surface area contributed by atoms with Gasteiger partial charge in [-0.15, -0.1) is 0 Å². The van der Waals surface area contributed by atoms with Gasteiger partial charge >= 0.3 is 5.63 Å². The zero-order chi connectivity index (χ0) is 17.4. The quantitative estimate of drug-likeness (QED) is 0.657. The van der Waals surface area contributed by atoms with E-state index in [0.717, 1.165) is 34.9 Å². The predicted molar refractivity (Wildman–Crippen MR) is 97.9 cm³/mol. The summed E-state index contributed by atoms with van der Waals surface area (Å²) < 4.78 is 5.58. The van der Waals surface area contributed by atoms with Crippen molar-refractivity contribution in [1.29, 1.82) is 0 Å². The van der Waals surface area contributed by atoms with E-state index in [-0.39, 0.29) is 11.5 Å². The number of hydrogen-bond acceptors (Lipinski definition) is 3. The Morgan fingerprint density at radius 3 is 2.56 bits per heavy atom. The third kappa shape index (κ3) is 3.27. The molecule has 0 N–H and O–H groups in total. The molecule has 1 aliphatic carbocycles. The van der Waals surface area contributed by atoms with Gasteiger partial charge in [0.2, 0.25) is 0 Å². The Labute approximate surface area is 146 Å². The summed E-state index contributed by atoms with van der Waals surface area (Å²) in [5.74, 6) is 0.539. The maximum Gasteiger partial charge on any atom is 0.340 e. The predicted octanol–water partition coefficient (Wildman–Crippen LogP) is 4.21. The fourth-order valence-corrected chi connectivity index (χ4v) is 3.30. The summed E-state index contributed by atoms with van der Waals surface area (Å²) in [5.41, 5.74) is 3.93. The van der Waals surface area contributed by atoms with Gasteiger partial charge in [-0.1, -0.05) is 42.5 Å². The molecule has 1 saturated carbocycles. The van der Waals surface area contributed by atoms with E-state index in [2.05, 4.69) is 0 Å². The van der Waals surface area contributed by atoms with Crippen LogP contribution in [0.2, 0.25) is 0 Å². The number of hydrogen-bond donors (Lipinski definition) is 0. The van der Waals surface area contributed by atoms with Crippen LogP contribution in [0, 0.1) is 12.8 Å². The molecule has 126 valence electrons. The van der Waals surface area contributed by atoms with Crippen molar-refractivity contribution in [1.82, 2.24) is 0 Å². The molecule has 1 aliphatic rings. The first-order valence-electron chi connectivity index (χ1n) is 8.73. The van der Waals surface area contributed by atoms with Crippen molar-refractivity contribution in [2.24, 2.45) is 5.92 Å². The molecule has 1 fully saturated rings. The van der Waals surface area contributed by atoms with Crippen LogP contribution in [0.1, 0.15) is 35.1 Å². The lowest BCUT2D eigenvalue weighted by Crippen LogP contribution is -2.11. The largest absolute Gasteiger partial charge is 0.422 e. The van der Waals surface area contributed by atoms with Crippen LogP contribution in [0.15, 0.2) is 57.7 Å². The van der Waals surface area contributed by atoms with Crippen LogP contribution in [0.25, 0.3) is 11.0 Å². The summed E-state index contributed by atoms with van der Waals surface area (Å²) in [6.07, 6.45) is 3.02. The highest BCUT2D eigenvalue weighted by molar-refractivity contribution is 5.87. The third-order valence-electron chi connectivity index (χ3n) is 4.99. The van der Waals surface area contributed by atoms with Crippen LogP contribution in [-0.4, -0.2) is 5.78 Å². The van der Waals surface area contributed by atoms with Crippen LogP contribution < -0.4 is 5.63 Å². The van der Waals surface area contributed by atoms with Gasteiger partial charge in [0.05, 0.1) is 0 Å². The van der Waals surface area contributed by atoms with Crippen molar-refractivity contribution in [3.05, 3.63) is 81.2 Å². The molecule has 0 bridgehead atoms. The van der Waals surface area contributed by atoms with Gasteiger partial charge in [-0.25, -0.2) is 4.79 Å². The molecule has 1 aromatic heterocycles. The molecule has 1 heterocycles. The molecule has 25 heavy (non-hydrogen) atoms. The maximum atomic E-state index is 12.5. The van der Waals surface area contributed by atoms with Gasteiger partial charge in [-0.05, 0) is 42.5 Å². The van der Waals surface area contributed by atoms with Crippen molar-refractivity contribution in [2.75, 3.05) is 0 Å². The normalized spacial score (nSPS) is 14.0. The standard InChI is InChI=1S/C22H20O3/c1-14-18-10-7-16(12-20(23)17-8-9-17)13-21(18)25-22(24)19(14)11-15-5-3-2-4-6-15/h2-7,10,13,17H,8-9,11-12H2,1H3. The van der Waals surface area contributed by atoms with E-state index in [1.54, 1.807) is 0 Å². The Morgan fingerprint density at radius 1 is 1.08 bits per heavy atom. The lowest BCUT2D eigenvalue weighted by molar-refractivity contribution is -0.119. The zero-order valence-corrected chi connectivity index (χ0v) is 14.2. The molecule has 0 saturated heterocycles. The van der Waals surface area contributed by atoms with Gasteiger partial charge in [0, 0.05) is 29.7 Å². The van der Waals surface area contributed by atoms with Gasteiger partial charge in [-0.3, -0.25) is 4.79 Å². The monoisotopic (exact) mass is 332 g/mol. The van der Waals surface area contributed by atoms with E-state index in [1.165, 1.54) is 0 Å². The van der Waals surface area contributed by atoms with Crippen LogP contribution in [0.5, 0.6) is 0 Å². The average Bonchev–Trinajstić information content (AvgIpc) is 3.44. The van der Waals surface area contributed by atoms with Crippen molar-refractivity contribution in [2.45, 2.75) is 32.6 Å². The van der Waals surface area contributed by atoms with Gasteiger partial charge in [0.15, 0.2) is 0 Å². The van der Waals surface area contributed by atoms with Gasteiger partial charge in [-0.2, -0.15) is 0 Å².